The third-order valence-corrected chi connectivity index (χ3v) is 5.23. The quantitative estimate of drug-likeness (QED) is 0.646. The Labute approximate surface area is 173 Å². The van der Waals surface area contributed by atoms with Gasteiger partial charge in [0, 0.05) is 19.0 Å². The second-order valence-corrected chi connectivity index (χ2v) is 7.54. The summed E-state index contributed by atoms with van der Waals surface area (Å²) in [5.74, 6) is 0.602. The first kappa shape index (κ1) is 20.0. The summed E-state index contributed by atoms with van der Waals surface area (Å²) in [5, 5.41) is 4.15. The average Bonchev–Trinajstić information content (AvgIpc) is 3.19. The molecular formula is C22H23FN4O3. The Morgan fingerprint density at radius 1 is 1.27 bits per heavy atom. The molecule has 3 aromatic rings. The number of carbonyl (C=O) groups excluding carboxylic acids is 1. The third-order valence-electron chi connectivity index (χ3n) is 5.23. The van der Waals surface area contributed by atoms with Crippen molar-refractivity contribution in [1.29, 1.82) is 0 Å². The smallest absolute Gasteiger partial charge is 0.267 e. The van der Waals surface area contributed by atoms with Gasteiger partial charge < -0.3 is 9.32 Å². The normalized spacial score (nSPS) is 16.6. The molecule has 1 fully saturated rings. The first-order valence-electron chi connectivity index (χ1n) is 10.0. The Kier molecular flexibility index (Phi) is 5.74. The van der Waals surface area contributed by atoms with E-state index in [4.69, 9.17) is 4.42 Å². The number of oxazole rings is 1. The molecule has 8 heteroatoms. The maximum absolute atomic E-state index is 13.4. The van der Waals surface area contributed by atoms with E-state index >= 15 is 0 Å². The second-order valence-electron chi connectivity index (χ2n) is 7.54. The van der Waals surface area contributed by atoms with Crippen molar-refractivity contribution in [3.63, 3.8) is 0 Å². The van der Waals surface area contributed by atoms with Crippen molar-refractivity contribution in [2.45, 2.75) is 45.2 Å². The number of amides is 1. The van der Waals surface area contributed by atoms with Crippen molar-refractivity contribution >= 4 is 5.91 Å². The Bertz CT molecular complexity index is 1110. The van der Waals surface area contributed by atoms with Crippen molar-refractivity contribution in [1.82, 2.24) is 19.7 Å². The highest BCUT2D eigenvalue weighted by Crippen LogP contribution is 2.31. The first-order valence-corrected chi connectivity index (χ1v) is 10.0. The molecule has 0 aliphatic carbocycles. The SMILES string of the molecule is Cc1ccc(=O)n(CC(=O)N2CCCC[C@@H]2c2ncc(Cc3cccc(F)c3)o2)n1. The van der Waals surface area contributed by atoms with Gasteiger partial charge in [0.05, 0.1) is 11.9 Å². The van der Waals surface area contributed by atoms with Crippen molar-refractivity contribution in [3.8, 4) is 0 Å². The molecule has 30 heavy (non-hydrogen) atoms. The minimum atomic E-state index is -0.309. The average molecular weight is 410 g/mol. The molecule has 0 bridgehead atoms. The molecule has 1 aromatic carbocycles. The van der Waals surface area contributed by atoms with E-state index in [0.717, 1.165) is 24.8 Å². The van der Waals surface area contributed by atoms with E-state index in [1.165, 1.54) is 22.9 Å². The number of halogens is 1. The summed E-state index contributed by atoms with van der Waals surface area (Å²) >= 11 is 0. The van der Waals surface area contributed by atoms with Gasteiger partial charge >= 0.3 is 0 Å². The zero-order valence-electron chi connectivity index (χ0n) is 16.8. The lowest BCUT2D eigenvalue weighted by atomic mass is 10.0. The molecule has 0 radical (unpaired) electrons. The fraction of sp³-hybridized carbons (Fsp3) is 0.364. The molecule has 2 aromatic heterocycles. The van der Waals surface area contributed by atoms with Crippen LogP contribution < -0.4 is 5.56 Å². The van der Waals surface area contributed by atoms with E-state index in [-0.39, 0.29) is 29.9 Å². The summed E-state index contributed by atoms with van der Waals surface area (Å²) < 4.78 is 20.5. The lowest BCUT2D eigenvalue weighted by Crippen LogP contribution is -2.42. The van der Waals surface area contributed by atoms with Gasteiger partial charge in [-0.1, -0.05) is 12.1 Å². The number of benzene rings is 1. The highest BCUT2D eigenvalue weighted by molar-refractivity contribution is 5.76. The van der Waals surface area contributed by atoms with E-state index in [0.29, 0.717) is 30.3 Å². The molecule has 1 saturated heterocycles. The van der Waals surface area contributed by atoms with Gasteiger partial charge in [-0.25, -0.2) is 14.1 Å². The van der Waals surface area contributed by atoms with E-state index in [9.17, 15) is 14.0 Å². The lowest BCUT2D eigenvalue weighted by molar-refractivity contribution is -0.136. The number of aromatic nitrogens is 3. The fourth-order valence-electron chi connectivity index (χ4n) is 3.78. The van der Waals surface area contributed by atoms with Crippen molar-refractivity contribution in [2.75, 3.05) is 6.54 Å². The molecule has 1 aliphatic rings. The van der Waals surface area contributed by atoms with Crippen molar-refractivity contribution in [3.05, 3.63) is 81.7 Å². The topological polar surface area (TPSA) is 81.2 Å². The first-order chi connectivity index (χ1) is 14.5. The third kappa shape index (κ3) is 4.48. The summed E-state index contributed by atoms with van der Waals surface area (Å²) in [5.41, 5.74) is 1.16. The zero-order valence-corrected chi connectivity index (χ0v) is 16.8. The van der Waals surface area contributed by atoms with Gasteiger partial charge in [-0.2, -0.15) is 5.10 Å². The predicted octanol–water partition coefficient (Wildman–Crippen LogP) is 3.02. The molecule has 0 unspecified atom stereocenters. The minimum Gasteiger partial charge on any atom is -0.443 e. The fourth-order valence-corrected chi connectivity index (χ4v) is 3.78. The standard InChI is InChI=1S/C22H23FN4O3/c1-15-8-9-20(28)27(25-15)14-21(29)26-10-3-2-7-19(26)22-24-13-18(30-22)12-16-5-4-6-17(23)11-16/h4-6,8-9,11,13,19H,2-3,7,10,12,14H2,1H3/t19-/m1/s1. The maximum Gasteiger partial charge on any atom is 0.267 e. The molecule has 4 rings (SSSR count). The minimum absolute atomic E-state index is 0.117. The number of likely N-dealkylation sites (tertiary alicyclic amines) is 1. The van der Waals surface area contributed by atoms with Crippen molar-refractivity contribution < 1.29 is 13.6 Å². The van der Waals surface area contributed by atoms with Crippen LogP contribution in [0, 0.1) is 12.7 Å². The Morgan fingerprint density at radius 3 is 2.97 bits per heavy atom. The number of hydrogen-bond acceptors (Lipinski definition) is 5. The van der Waals surface area contributed by atoms with Gasteiger partial charge in [0.15, 0.2) is 0 Å². The van der Waals surface area contributed by atoms with E-state index in [1.807, 2.05) is 6.07 Å². The van der Waals surface area contributed by atoms with Crippen LogP contribution in [0.2, 0.25) is 0 Å². The van der Waals surface area contributed by atoms with Crippen LogP contribution in [0.1, 0.15) is 48.2 Å². The molecule has 7 nitrogen and oxygen atoms in total. The molecule has 0 saturated carbocycles. The van der Waals surface area contributed by atoms with E-state index in [1.54, 1.807) is 30.2 Å². The van der Waals surface area contributed by atoms with Gasteiger partial charge in [0.1, 0.15) is 24.2 Å². The van der Waals surface area contributed by atoms with Crippen LogP contribution >= 0.6 is 0 Å². The number of nitrogens with zero attached hydrogens (tertiary/aromatic N) is 4. The van der Waals surface area contributed by atoms with Crippen LogP contribution in [-0.4, -0.2) is 32.1 Å². The molecule has 0 spiro atoms. The van der Waals surface area contributed by atoms with Crippen LogP contribution in [0.15, 0.2) is 51.8 Å². The Hall–Kier alpha value is -3.29. The molecule has 1 amide bonds. The summed E-state index contributed by atoms with van der Waals surface area (Å²) in [6.45, 7) is 2.23. The second kappa shape index (κ2) is 8.61. The lowest BCUT2D eigenvalue weighted by Gasteiger charge is -2.33. The summed E-state index contributed by atoms with van der Waals surface area (Å²) in [6.07, 6.45) is 4.63. The zero-order chi connectivity index (χ0) is 21.1. The highest BCUT2D eigenvalue weighted by atomic mass is 19.1. The predicted molar refractivity (Wildman–Crippen MR) is 107 cm³/mol. The summed E-state index contributed by atoms with van der Waals surface area (Å²) in [4.78, 5) is 31.1. The number of aryl methyl sites for hydroxylation is 1. The van der Waals surface area contributed by atoms with Crippen LogP contribution in [0.3, 0.4) is 0 Å². The molecule has 156 valence electrons. The van der Waals surface area contributed by atoms with Crippen LogP contribution in [-0.2, 0) is 17.8 Å². The molecule has 1 atom stereocenters. The van der Waals surface area contributed by atoms with Gasteiger partial charge in [-0.15, -0.1) is 0 Å². The van der Waals surface area contributed by atoms with Crippen LogP contribution in [0.5, 0.6) is 0 Å². The number of piperidine rings is 1. The molecule has 3 heterocycles. The number of carbonyl (C=O) groups is 1. The summed E-state index contributed by atoms with van der Waals surface area (Å²) in [7, 11) is 0. The molecule has 1 aliphatic heterocycles. The molecule has 0 N–H and O–H groups in total. The van der Waals surface area contributed by atoms with Crippen molar-refractivity contribution in [2.24, 2.45) is 0 Å². The Balaban J connectivity index is 1.51. The van der Waals surface area contributed by atoms with Crippen LogP contribution in [0.25, 0.3) is 0 Å². The van der Waals surface area contributed by atoms with E-state index in [2.05, 4.69) is 10.1 Å². The maximum atomic E-state index is 13.4. The number of rotatable bonds is 5. The monoisotopic (exact) mass is 410 g/mol. The number of hydrogen-bond donors (Lipinski definition) is 0. The molecular weight excluding hydrogens is 387 g/mol. The van der Waals surface area contributed by atoms with Gasteiger partial charge in [0.25, 0.3) is 5.56 Å². The Morgan fingerprint density at radius 2 is 2.13 bits per heavy atom. The van der Waals surface area contributed by atoms with Gasteiger partial charge in [-0.3, -0.25) is 9.59 Å². The van der Waals surface area contributed by atoms with Gasteiger partial charge in [0.2, 0.25) is 11.8 Å². The largest absolute Gasteiger partial charge is 0.443 e. The van der Waals surface area contributed by atoms with Crippen LogP contribution in [0.4, 0.5) is 4.39 Å². The van der Waals surface area contributed by atoms with E-state index < -0.39 is 0 Å². The van der Waals surface area contributed by atoms with Gasteiger partial charge in [-0.05, 0) is 49.9 Å². The summed E-state index contributed by atoms with van der Waals surface area (Å²) in [6, 6.07) is 9.10. The highest BCUT2D eigenvalue weighted by Gasteiger charge is 2.31.